The van der Waals surface area contributed by atoms with Gasteiger partial charge in [-0.1, -0.05) is 42.6 Å². The molecule has 7 heteroatoms. The van der Waals surface area contributed by atoms with Crippen LogP contribution in [0.15, 0.2) is 48.5 Å². The van der Waals surface area contributed by atoms with Crippen molar-refractivity contribution in [1.82, 2.24) is 19.8 Å². The molecule has 1 aliphatic heterocycles. The molecule has 0 bridgehead atoms. The van der Waals surface area contributed by atoms with Crippen LogP contribution >= 0.6 is 11.6 Å². The molecule has 1 saturated carbocycles. The number of hydrogen-bond acceptors (Lipinski definition) is 3. The Kier molecular flexibility index (Phi) is 5.64. The van der Waals surface area contributed by atoms with E-state index in [0.717, 1.165) is 42.5 Å². The third kappa shape index (κ3) is 3.77. The number of amides is 2. The summed E-state index contributed by atoms with van der Waals surface area (Å²) in [5.41, 5.74) is 2.47. The van der Waals surface area contributed by atoms with Gasteiger partial charge in [-0.25, -0.2) is 4.98 Å². The number of halogens is 1. The molecule has 3 atom stereocenters. The van der Waals surface area contributed by atoms with Crippen molar-refractivity contribution in [1.29, 1.82) is 0 Å². The van der Waals surface area contributed by atoms with Gasteiger partial charge in [-0.2, -0.15) is 0 Å². The number of para-hydroxylation sites is 2. The predicted molar refractivity (Wildman–Crippen MR) is 124 cm³/mol. The molecule has 0 unspecified atom stereocenters. The molecule has 2 heterocycles. The summed E-state index contributed by atoms with van der Waals surface area (Å²) in [6.07, 6.45) is 4.98. The van der Waals surface area contributed by atoms with Gasteiger partial charge < -0.3 is 14.8 Å². The van der Waals surface area contributed by atoms with E-state index in [4.69, 9.17) is 11.6 Å². The van der Waals surface area contributed by atoms with Gasteiger partial charge >= 0.3 is 0 Å². The number of imidazole rings is 1. The van der Waals surface area contributed by atoms with Gasteiger partial charge in [0.15, 0.2) is 0 Å². The van der Waals surface area contributed by atoms with Crippen molar-refractivity contribution >= 4 is 34.4 Å². The van der Waals surface area contributed by atoms with Crippen LogP contribution in [0.1, 0.15) is 48.3 Å². The molecule has 0 spiro atoms. The third-order valence-corrected chi connectivity index (χ3v) is 7.23. The minimum atomic E-state index is -0.468. The minimum Gasteiger partial charge on any atom is -0.347 e. The lowest BCUT2D eigenvalue weighted by Crippen LogP contribution is -2.49. The number of carbonyl (C=O) groups is 2. The van der Waals surface area contributed by atoms with Crippen molar-refractivity contribution in [2.45, 2.75) is 50.7 Å². The molecule has 166 valence electrons. The normalized spacial score (nSPS) is 22.7. The molecular weight excluding hydrogens is 424 g/mol. The van der Waals surface area contributed by atoms with E-state index in [1.165, 1.54) is 0 Å². The maximum atomic E-state index is 13.5. The van der Waals surface area contributed by atoms with E-state index in [0.29, 0.717) is 29.5 Å². The maximum absolute atomic E-state index is 13.5. The summed E-state index contributed by atoms with van der Waals surface area (Å²) >= 11 is 6.14. The number of fused-ring (bicyclic) bond motifs is 2. The van der Waals surface area contributed by atoms with Gasteiger partial charge in [-0.3, -0.25) is 9.59 Å². The van der Waals surface area contributed by atoms with Crippen LogP contribution in [-0.2, 0) is 18.4 Å². The molecule has 32 heavy (non-hydrogen) atoms. The van der Waals surface area contributed by atoms with Crippen LogP contribution < -0.4 is 5.32 Å². The number of benzene rings is 2. The summed E-state index contributed by atoms with van der Waals surface area (Å²) in [6, 6.07) is 14.6. The van der Waals surface area contributed by atoms with E-state index >= 15 is 0 Å². The predicted octanol–water partition coefficient (Wildman–Crippen LogP) is 4.32. The zero-order valence-electron chi connectivity index (χ0n) is 18.1. The Morgan fingerprint density at radius 3 is 2.75 bits per heavy atom. The summed E-state index contributed by atoms with van der Waals surface area (Å²) < 4.78 is 2.00. The number of aryl methyl sites for hydroxylation is 1. The monoisotopic (exact) mass is 450 g/mol. The van der Waals surface area contributed by atoms with Crippen LogP contribution in [0.3, 0.4) is 0 Å². The molecule has 1 aliphatic carbocycles. The van der Waals surface area contributed by atoms with Crippen LogP contribution in [0.2, 0.25) is 5.02 Å². The Hall–Kier alpha value is -2.86. The maximum Gasteiger partial charge on any atom is 0.254 e. The zero-order chi connectivity index (χ0) is 22.2. The average molecular weight is 451 g/mol. The van der Waals surface area contributed by atoms with E-state index in [-0.39, 0.29) is 17.9 Å². The molecule has 2 amide bonds. The lowest BCUT2D eigenvalue weighted by molar-refractivity contribution is -0.125. The number of likely N-dealkylation sites (tertiary alicyclic amines) is 1. The second-order valence-corrected chi connectivity index (χ2v) is 9.32. The van der Waals surface area contributed by atoms with Crippen molar-refractivity contribution in [3.63, 3.8) is 0 Å². The molecule has 0 radical (unpaired) electrons. The minimum absolute atomic E-state index is 0.107. The molecule has 6 nitrogen and oxygen atoms in total. The first kappa shape index (κ1) is 21.0. The van der Waals surface area contributed by atoms with E-state index in [2.05, 4.69) is 10.3 Å². The average Bonchev–Trinajstić information content (AvgIpc) is 3.35. The number of rotatable bonds is 4. The largest absolute Gasteiger partial charge is 0.347 e. The second-order valence-electron chi connectivity index (χ2n) is 8.88. The highest BCUT2D eigenvalue weighted by atomic mass is 35.5. The molecule has 1 N–H and O–H groups in total. The summed E-state index contributed by atoms with van der Waals surface area (Å²) in [5.74, 6) is 0.952. The van der Waals surface area contributed by atoms with E-state index in [9.17, 15) is 9.59 Å². The smallest absolute Gasteiger partial charge is 0.254 e. The Labute approximate surface area is 192 Å². The number of hydrogen-bond donors (Lipinski definition) is 1. The quantitative estimate of drug-likeness (QED) is 0.643. The Bertz CT molecular complexity index is 1170. The van der Waals surface area contributed by atoms with Crippen LogP contribution in [0, 0.1) is 5.92 Å². The number of carbonyl (C=O) groups excluding carboxylic acids is 2. The Morgan fingerprint density at radius 2 is 1.94 bits per heavy atom. The first-order valence-corrected chi connectivity index (χ1v) is 11.7. The van der Waals surface area contributed by atoms with E-state index in [1.54, 1.807) is 24.3 Å². The summed E-state index contributed by atoms with van der Waals surface area (Å²) in [4.78, 5) is 33.3. The molecule has 2 aliphatic rings. The van der Waals surface area contributed by atoms with Crippen LogP contribution in [-0.4, -0.2) is 38.3 Å². The molecule has 1 saturated heterocycles. The summed E-state index contributed by atoms with van der Waals surface area (Å²) in [6.45, 7) is 0.328. The highest BCUT2D eigenvalue weighted by Gasteiger charge is 2.47. The second kappa shape index (κ2) is 8.58. The first-order valence-electron chi connectivity index (χ1n) is 11.3. The zero-order valence-corrected chi connectivity index (χ0v) is 18.9. The molecular formula is C25H27ClN4O2. The number of nitrogens with one attached hydrogen (secondary N) is 1. The standard InChI is InChI=1S/C25H27ClN4O2/c1-29-21-12-5-3-10-19(21)28-23(29)15-27-24(31)22-14-16-7-2-4-11-20(16)30(22)25(32)17-8-6-9-18(26)13-17/h3,5-6,8-10,12-13,16,20,22H,2,4,7,11,14-15H2,1H3,(H,27,31)/t16-,20+,22+/m1/s1. The van der Waals surface area contributed by atoms with Gasteiger partial charge in [0.05, 0.1) is 17.6 Å². The number of aromatic nitrogens is 2. The lowest BCUT2D eigenvalue weighted by Gasteiger charge is -2.33. The lowest BCUT2D eigenvalue weighted by atomic mass is 9.84. The van der Waals surface area contributed by atoms with Gasteiger partial charge in [0.25, 0.3) is 5.91 Å². The van der Waals surface area contributed by atoms with Crippen molar-refractivity contribution in [3.05, 3.63) is 64.9 Å². The van der Waals surface area contributed by atoms with Crippen LogP contribution in [0.25, 0.3) is 11.0 Å². The van der Waals surface area contributed by atoms with Gasteiger partial charge in [-0.05, 0) is 55.5 Å². The van der Waals surface area contributed by atoms with Crippen molar-refractivity contribution in [2.24, 2.45) is 13.0 Å². The third-order valence-electron chi connectivity index (χ3n) is 7.00. The topological polar surface area (TPSA) is 67.2 Å². The molecule has 2 aromatic carbocycles. The molecule has 2 fully saturated rings. The fraction of sp³-hybridized carbons (Fsp3) is 0.400. The number of nitrogens with zero attached hydrogens (tertiary/aromatic N) is 3. The van der Waals surface area contributed by atoms with Gasteiger partial charge in [0.2, 0.25) is 5.91 Å². The highest BCUT2D eigenvalue weighted by molar-refractivity contribution is 6.31. The SMILES string of the molecule is Cn1c(CNC(=O)[C@@H]2C[C@H]3CCCC[C@@H]3N2C(=O)c2cccc(Cl)c2)nc2ccccc21. The van der Waals surface area contributed by atoms with Crippen LogP contribution in [0.5, 0.6) is 0 Å². The van der Waals surface area contributed by atoms with Crippen LogP contribution in [0.4, 0.5) is 0 Å². The van der Waals surface area contributed by atoms with Gasteiger partial charge in [-0.15, -0.1) is 0 Å². The molecule has 3 aromatic rings. The summed E-state index contributed by atoms with van der Waals surface area (Å²) in [5, 5.41) is 3.58. The fourth-order valence-electron chi connectivity index (χ4n) is 5.39. The van der Waals surface area contributed by atoms with E-state index < -0.39 is 6.04 Å². The molecule has 5 rings (SSSR count). The van der Waals surface area contributed by atoms with Crippen molar-refractivity contribution in [3.8, 4) is 0 Å². The Balaban J connectivity index is 1.37. The molecule has 1 aromatic heterocycles. The fourth-order valence-corrected chi connectivity index (χ4v) is 5.58. The summed E-state index contributed by atoms with van der Waals surface area (Å²) in [7, 11) is 1.95. The first-order chi connectivity index (χ1) is 15.5. The van der Waals surface area contributed by atoms with Crippen molar-refractivity contribution < 1.29 is 9.59 Å². The van der Waals surface area contributed by atoms with E-state index in [1.807, 2.05) is 40.8 Å². The van der Waals surface area contributed by atoms with Crippen molar-refractivity contribution in [2.75, 3.05) is 0 Å². The van der Waals surface area contributed by atoms with Gasteiger partial charge in [0.1, 0.15) is 11.9 Å². The Morgan fingerprint density at radius 1 is 1.12 bits per heavy atom. The highest BCUT2D eigenvalue weighted by Crippen LogP contribution is 2.40. The van der Waals surface area contributed by atoms with Gasteiger partial charge in [0, 0.05) is 23.7 Å².